The molecule has 20 heavy (non-hydrogen) atoms. The molecule has 2 aliphatic rings. The normalized spacial score (nSPS) is 30.0. The zero-order chi connectivity index (χ0) is 13.9. The molecular formula is C17H27N3. The summed E-state index contributed by atoms with van der Waals surface area (Å²) >= 11 is 0. The Morgan fingerprint density at radius 1 is 1.20 bits per heavy atom. The van der Waals surface area contributed by atoms with Crippen LogP contribution in [-0.4, -0.2) is 16.5 Å². The van der Waals surface area contributed by atoms with E-state index < -0.39 is 0 Å². The van der Waals surface area contributed by atoms with Crippen LogP contribution in [0.1, 0.15) is 81.4 Å². The number of nitrogens with one attached hydrogen (secondary N) is 1. The summed E-state index contributed by atoms with van der Waals surface area (Å²) in [6.45, 7) is 5.56. The van der Waals surface area contributed by atoms with Gasteiger partial charge in [0, 0.05) is 29.4 Å². The highest BCUT2D eigenvalue weighted by Gasteiger charge is 2.25. The minimum Gasteiger partial charge on any atom is -0.310 e. The molecule has 1 aromatic heterocycles. The molecule has 1 heterocycles. The first kappa shape index (κ1) is 14.0. The summed E-state index contributed by atoms with van der Waals surface area (Å²) < 4.78 is 0. The number of aryl methyl sites for hydroxylation is 1. The average molecular weight is 273 g/mol. The summed E-state index contributed by atoms with van der Waals surface area (Å²) in [5, 5.41) is 3.57. The predicted octanol–water partition coefficient (Wildman–Crippen LogP) is 3.76. The lowest BCUT2D eigenvalue weighted by atomic mass is 9.82. The van der Waals surface area contributed by atoms with E-state index in [0.717, 1.165) is 24.7 Å². The topological polar surface area (TPSA) is 37.8 Å². The van der Waals surface area contributed by atoms with E-state index in [2.05, 4.69) is 25.4 Å². The van der Waals surface area contributed by atoms with Crippen molar-refractivity contribution in [3.05, 3.63) is 23.3 Å². The highest BCUT2D eigenvalue weighted by molar-refractivity contribution is 5.25. The summed E-state index contributed by atoms with van der Waals surface area (Å²) in [5.41, 5.74) is 2.66. The number of rotatable bonds is 3. The van der Waals surface area contributed by atoms with Crippen LogP contribution in [0.2, 0.25) is 0 Å². The largest absolute Gasteiger partial charge is 0.310 e. The number of hydrogen-bond acceptors (Lipinski definition) is 3. The fourth-order valence-corrected chi connectivity index (χ4v) is 3.74. The molecule has 3 nitrogen and oxygen atoms in total. The molecule has 0 spiro atoms. The van der Waals surface area contributed by atoms with Crippen molar-refractivity contribution < 1.29 is 0 Å². The van der Waals surface area contributed by atoms with Crippen LogP contribution in [0.3, 0.4) is 0 Å². The molecule has 1 aromatic rings. The van der Waals surface area contributed by atoms with Gasteiger partial charge in [-0.2, -0.15) is 0 Å². The number of fused-ring (bicyclic) bond motifs is 1. The summed E-state index contributed by atoms with van der Waals surface area (Å²) in [7, 11) is 0. The van der Waals surface area contributed by atoms with Gasteiger partial charge in [-0.3, -0.25) is 0 Å². The molecule has 0 amide bonds. The molecular weight excluding hydrogens is 246 g/mol. The van der Waals surface area contributed by atoms with E-state index in [4.69, 9.17) is 9.97 Å². The summed E-state index contributed by atoms with van der Waals surface area (Å²) in [6.07, 6.45) is 11.0. The van der Waals surface area contributed by atoms with Crippen molar-refractivity contribution in [3.63, 3.8) is 0 Å². The zero-order valence-electron chi connectivity index (χ0n) is 12.9. The van der Waals surface area contributed by atoms with E-state index >= 15 is 0 Å². The van der Waals surface area contributed by atoms with Gasteiger partial charge in [0.15, 0.2) is 0 Å². The Hall–Kier alpha value is -0.960. The molecule has 0 aliphatic heterocycles. The molecule has 1 N–H and O–H groups in total. The molecule has 2 aliphatic carbocycles. The van der Waals surface area contributed by atoms with Crippen molar-refractivity contribution in [1.82, 2.24) is 15.3 Å². The molecule has 1 fully saturated rings. The summed E-state index contributed by atoms with van der Waals surface area (Å²) in [6, 6.07) is 0.476. The van der Waals surface area contributed by atoms with E-state index in [9.17, 15) is 0 Å². The van der Waals surface area contributed by atoms with Gasteiger partial charge in [0.25, 0.3) is 0 Å². The molecule has 0 radical (unpaired) electrons. The number of nitrogens with zero attached hydrogens (tertiary/aromatic N) is 2. The predicted molar refractivity (Wildman–Crippen MR) is 81.8 cm³/mol. The third-order valence-electron chi connectivity index (χ3n) is 5.03. The maximum absolute atomic E-state index is 4.94. The fraction of sp³-hybridized carbons (Fsp3) is 0.765. The first-order chi connectivity index (χ1) is 9.78. The molecule has 1 saturated carbocycles. The lowest BCUT2D eigenvalue weighted by molar-refractivity contribution is 0.338. The molecule has 0 saturated heterocycles. The molecule has 0 aromatic carbocycles. The standard InChI is InChI=1S/C17H27N3/c1-3-18-15-5-4-6-16-14(15)11-19-17(20-16)13-9-7-12(2)8-10-13/h11-13,15,18H,3-10H2,1-2H3. The van der Waals surface area contributed by atoms with Crippen molar-refractivity contribution in [2.45, 2.75) is 70.8 Å². The zero-order valence-corrected chi connectivity index (χ0v) is 12.9. The highest BCUT2D eigenvalue weighted by atomic mass is 14.9. The van der Waals surface area contributed by atoms with Crippen LogP contribution in [0.5, 0.6) is 0 Å². The average Bonchev–Trinajstić information content (AvgIpc) is 2.48. The molecule has 1 atom stereocenters. The van der Waals surface area contributed by atoms with Crippen LogP contribution >= 0.6 is 0 Å². The van der Waals surface area contributed by atoms with E-state index in [1.54, 1.807) is 0 Å². The van der Waals surface area contributed by atoms with Crippen LogP contribution < -0.4 is 5.32 Å². The Balaban J connectivity index is 1.78. The quantitative estimate of drug-likeness (QED) is 0.911. The minimum atomic E-state index is 0.476. The first-order valence-electron chi connectivity index (χ1n) is 8.37. The van der Waals surface area contributed by atoms with Crippen molar-refractivity contribution in [2.75, 3.05) is 6.54 Å². The third-order valence-corrected chi connectivity index (χ3v) is 5.03. The number of hydrogen-bond donors (Lipinski definition) is 1. The SMILES string of the molecule is CCNC1CCCc2nc(C3CCC(C)CC3)ncc21. The van der Waals surface area contributed by atoms with Crippen LogP contribution in [0, 0.1) is 5.92 Å². The Bertz CT molecular complexity index is 450. The smallest absolute Gasteiger partial charge is 0.131 e. The molecule has 1 unspecified atom stereocenters. The second-order valence-electron chi connectivity index (χ2n) is 6.59. The monoisotopic (exact) mass is 273 g/mol. The van der Waals surface area contributed by atoms with Crippen molar-refractivity contribution >= 4 is 0 Å². The molecule has 3 rings (SSSR count). The summed E-state index contributed by atoms with van der Waals surface area (Å²) in [5.74, 6) is 2.62. The lowest BCUT2D eigenvalue weighted by Gasteiger charge is -2.28. The van der Waals surface area contributed by atoms with Crippen LogP contribution in [0.25, 0.3) is 0 Å². The number of aromatic nitrogens is 2. The van der Waals surface area contributed by atoms with Crippen molar-refractivity contribution in [3.8, 4) is 0 Å². The minimum absolute atomic E-state index is 0.476. The van der Waals surface area contributed by atoms with Crippen LogP contribution in [0.15, 0.2) is 6.20 Å². The maximum atomic E-state index is 4.94. The van der Waals surface area contributed by atoms with Crippen molar-refractivity contribution in [1.29, 1.82) is 0 Å². The Kier molecular flexibility index (Phi) is 4.35. The van der Waals surface area contributed by atoms with Gasteiger partial charge >= 0.3 is 0 Å². The van der Waals surface area contributed by atoms with Gasteiger partial charge in [-0.1, -0.05) is 26.7 Å². The van der Waals surface area contributed by atoms with E-state index in [1.807, 2.05) is 0 Å². The van der Waals surface area contributed by atoms with Crippen molar-refractivity contribution in [2.24, 2.45) is 5.92 Å². The Labute approximate surface area is 122 Å². The second-order valence-corrected chi connectivity index (χ2v) is 6.59. The van der Waals surface area contributed by atoms with Gasteiger partial charge in [-0.15, -0.1) is 0 Å². The second kappa shape index (κ2) is 6.21. The Morgan fingerprint density at radius 3 is 2.75 bits per heavy atom. The maximum Gasteiger partial charge on any atom is 0.131 e. The molecule has 0 bridgehead atoms. The fourth-order valence-electron chi connectivity index (χ4n) is 3.74. The summed E-state index contributed by atoms with van der Waals surface area (Å²) in [4.78, 5) is 9.67. The van der Waals surface area contributed by atoms with Crippen LogP contribution in [0.4, 0.5) is 0 Å². The van der Waals surface area contributed by atoms with Gasteiger partial charge in [0.2, 0.25) is 0 Å². The molecule has 3 heteroatoms. The van der Waals surface area contributed by atoms with E-state index in [1.165, 1.54) is 49.8 Å². The lowest BCUT2D eigenvalue weighted by Crippen LogP contribution is -2.26. The van der Waals surface area contributed by atoms with E-state index in [-0.39, 0.29) is 0 Å². The van der Waals surface area contributed by atoms with Gasteiger partial charge in [0.05, 0.1) is 0 Å². The third kappa shape index (κ3) is 2.88. The van der Waals surface area contributed by atoms with Gasteiger partial charge in [-0.05, 0) is 44.6 Å². The molecule has 110 valence electrons. The van der Waals surface area contributed by atoms with Crippen LogP contribution in [-0.2, 0) is 6.42 Å². The first-order valence-corrected chi connectivity index (χ1v) is 8.37. The Morgan fingerprint density at radius 2 is 2.00 bits per heavy atom. The van der Waals surface area contributed by atoms with Gasteiger partial charge in [0.1, 0.15) is 5.82 Å². The van der Waals surface area contributed by atoms with E-state index in [0.29, 0.717) is 12.0 Å². The van der Waals surface area contributed by atoms with Gasteiger partial charge < -0.3 is 5.32 Å². The van der Waals surface area contributed by atoms with Gasteiger partial charge in [-0.25, -0.2) is 9.97 Å². The highest BCUT2D eigenvalue weighted by Crippen LogP contribution is 2.35.